The first-order chi connectivity index (χ1) is 7.74. The Labute approximate surface area is 101 Å². The lowest BCUT2D eigenvalue weighted by atomic mass is 9.91. The van der Waals surface area contributed by atoms with Crippen LogP contribution in [0.3, 0.4) is 0 Å². The summed E-state index contributed by atoms with van der Waals surface area (Å²) in [6.07, 6.45) is -0.941. The van der Waals surface area contributed by atoms with Crippen molar-refractivity contribution in [2.75, 3.05) is 7.11 Å². The number of halogens is 3. The van der Waals surface area contributed by atoms with E-state index in [-0.39, 0.29) is 18.1 Å². The van der Waals surface area contributed by atoms with Crippen molar-refractivity contribution >= 4 is 0 Å². The van der Waals surface area contributed by atoms with Crippen LogP contribution in [0.5, 0.6) is 0 Å². The van der Waals surface area contributed by atoms with Crippen LogP contribution in [0.1, 0.15) is 46.0 Å². The highest BCUT2D eigenvalue weighted by Crippen LogP contribution is 2.29. The molecule has 17 heavy (non-hydrogen) atoms. The smallest absolute Gasteiger partial charge is 0.379 e. The molecular weight excluding hydrogens is 231 g/mol. The van der Waals surface area contributed by atoms with Crippen LogP contribution in [-0.2, 0) is 4.74 Å². The van der Waals surface area contributed by atoms with Crippen molar-refractivity contribution in [1.29, 1.82) is 0 Å². The molecule has 1 fully saturated rings. The molecule has 1 heterocycles. The second kappa shape index (κ2) is 5.57. The molecule has 1 aliphatic heterocycles. The van der Waals surface area contributed by atoms with Gasteiger partial charge in [0.25, 0.3) is 0 Å². The van der Waals surface area contributed by atoms with E-state index in [0.717, 1.165) is 19.3 Å². The van der Waals surface area contributed by atoms with E-state index in [4.69, 9.17) is 4.74 Å². The maximum absolute atomic E-state index is 12.6. The van der Waals surface area contributed by atoms with Gasteiger partial charge in [0.05, 0.1) is 5.60 Å². The average molecular weight is 253 g/mol. The van der Waals surface area contributed by atoms with Gasteiger partial charge in [-0.1, -0.05) is 6.42 Å². The number of alkyl halides is 3. The second-order valence-electron chi connectivity index (χ2n) is 5.39. The lowest BCUT2D eigenvalue weighted by molar-refractivity contribution is -0.163. The quantitative estimate of drug-likeness (QED) is 0.830. The summed E-state index contributed by atoms with van der Waals surface area (Å²) in [6, 6.07) is -1.36. The molecule has 0 amide bonds. The first-order valence-electron chi connectivity index (χ1n) is 6.12. The molecule has 0 aromatic heterocycles. The standard InChI is InChI=1S/C12H22F3NO/c1-11(2,17-3)8-7-9-5-4-6-10(16-9)12(13,14)15/h9-10,16H,4-8H2,1-3H3. The highest BCUT2D eigenvalue weighted by Gasteiger charge is 2.42. The van der Waals surface area contributed by atoms with Gasteiger partial charge in [0, 0.05) is 13.2 Å². The summed E-state index contributed by atoms with van der Waals surface area (Å²) in [5.41, 5.74) is -0.257. The van der Waals surface area contributed by atoms with Crippen molar-refractivity contribution in [3.8, 4) is 0 Å². The van der Waals surface area contributed by atoms with Gasteiger partial charge in [0.2, 0.25) is 0 Å². The minimum atomic E-state index is -4.12. The Balaban J connectivity index is 2.40. The van der Waals surface area contributed by atoms with E-state index in [1.165, 1.54) is 0 Å². The van der Waals surface area contributed by atoms with E-state index in [2.05, 4.69) is 5.32 Å². The Morgan fingerprint density at radius 1 is 1.24 bits per heavy atom. The maximum atomic E-state index is 12.6. The number of nitrogens with one attached hydrogen (secondary N) is 1. The Hall–Kier alpha value is -0.290. The average Bonchev–Trinajstić information content (AvgIpc) is 2.26. The summed E-state index contributed by atoms with van der Waals surface area (Å²) in [5, 5.41) is 2.71. The number of methoxy groups -OCH3 is 1. The number of hydrogen-bond acceptors (Lipinski definition) is 2. The van der Waals surface area contributed by atoms with Gasteiger partial charge in [-0.15, -0.1) is 0 Å². The normalized spacial score (nSPS) is 27.2. The van der Waals surface area contributed by atoms with Crippen LogP contribution in [0.15, 0.2) is 0 Å². The van der Waals surface area contributed by atoms with Gasteiger partial charge in [0.1, 0.15) is 6.04 Å². The Bertz CT molecular complexity index is 240. The fourth-order valence-corrected chi connectivity index (χ4v) is 2.13. The zero-order valence-electron chi connectivity index (χ0n) is 10.7. The summed E-state index contributed by atoms with van der Waals surface area (Å²) in [6.45, 7) is 3.91. The van der Waals surface area contributed by atoms with E-state index in [0.29, 0.717) is 6.42 Å². The lowest BCUT2D eigenvalue weighted by Gasteiger charge is -2.34. The first-order valence-corrected chi connectivity index (χ1v) is 6.12. The monoisotopic (exact) mass is 253 g/mol. The van der Waals surface area contributed by atoms with Gasteiger partial charge >= 0.3 is 6.18 Å². The molecule has 2 unspecified atom stereocenters. The number of ether oxygens (including phenoxy) is 1. The molecule has 2 nitrogen and oxygen atoms in total. The highest BCUT2D eigenvalue weighted by molar-refractivity contribution is 4.86. The minimum Gasteiger partial charge on any atom is -0.379 e. The molecule has 0 aliphatic carbocycles. The Morgan fingerprint density at radius 3 is 2.41 bits per heavy atom. The minimum absolute atomic E-state index is 0.0372. The lowest BCUT2D eigenvalue weighted by Crippen LogP contribution is -2.50. The molecule has 102 valence electrons. The molecular formula is C12H22F3NO. The third-order valence-corrected chi connectivity index (χ3v) is 3.52. The summed E-state index contributed by atoms with van der Waals surface area (Å²) in [7, 11) is 1.63. The van der Waals surface area contributed by atoms with Crippen molar-refractivity contribution in [3.63, 3.8) is 0 Å². The van der Waals surface area contributed by atoms with E-state index < -0.39 is 12.2 Å². The second-order valence-corrected chi connectivity index (χ2v) is 5.39. The van der Waals surface area contributed by atoms with Gasteiger partial charge < -0.3 is 10.1 Å². The summed E-state index contributed by atoms with van der Waals surface area (Å²) in [4.78, 5) is 0. The van der Waals surface area contributed by atoms with E-state index in [1.54, 1.807) is 7.11 Å². The molecule has 5 heteroatoms. The fraction of sp³-hybridized carbons (Fsp3) is 1.00. The molecule has 0 radical (unpaired) electrons. The summed E-state index contributed by atoms with van der Waals surface area (Å²) >= 11 is 0. The Morgan fingerprint density at radius 2 is 1.88 bits per heavy atom. The molecule has 0 aromatic carbocycles. The topological polar surface area (TPSA) is 21.3 Å². The molecule has 1 N–H and O–H groups in total. The molecule has 1 rings (SSSR count). The maximum Gasteiger partial charge on any atom is 0.403 e. The zero-order chi connectivity index (χ0) is 13.1. The molecule has 0 saturated carbocycles. The number of piperidine rings is 1. The van der Waals surface area contributed by atoms with Crippen molar-refractivity contribution < 1.29 is 17.9 Å². The van der Waals surface area contributed by atoms with Crippen molar-refractivity contribution in [3.05, 3.63) is 0 Å². The molecule has 1 aliphatic rings. The van der Waals surface area contributed by atoms with E-state index >= 15 is 0 Å². The third kappa shape index (κ3) is 4.84. The van der Waals surface area contributed by atoms with Gasteiger partial charge in [-0.05, 0) is 39.5 Å². The molecule has 0 bridgehead atoms. The molecule has 1 saturated heterocycles. The van der Waals surface area contributed by atoms with Crippen molar-refractivity contribution in [1.82, 2.24) is 5.32 Å². The molecule has 0 spiro atoms. The number of hydrogen-bond donors (Lipinski definition) is 1. The SMILES string of the molecule is COC(C)(C)CCC1CCCC(C(F)(F)F)N1. The van der Waals surface area contributed by atoms with Crippen LogP contribution in [0.2, 0.25) is 0 Å². The van der Waals surface area contributed by atoms with Crippen molar-refractivity contribution in [2.24, 2.45) is 0 Å². The fourth-order valence-electron chi connectivity index (χ4n) is 2.13. The van der Waals surface area contributed by atoms with Crippen LogP contribution in [0.25, 0.3) is 0 Å². The van der Waals surface area contributed by atoms with Gasteiger partial charge in [-0.3, -0.25) is 0 Å². The van der Waals surface area contributed by atoms with Crippen LogP contribution in [0.4, 0.5) is 13.2 Å². The van der Waals surface area contributed by atoms with Gasteiger partial charge in [0.15, 0.2) is 0 Å². The largest absolute Gasteiger partial charge is 0.403 e. The third-order valence-electron chi connectivity index (χ3n) is 3.52. The highest BCUT2D eigenvalue weighted by atomic mass is 19.4. The Kier molecular flexibility index (Phi) is 4.84. The van der Waals surface area contributed by atoms with Crippen LogP contribution >= 0.6 is 0 Å². The predicted octanol–water partition coefficient (Wildman–Crippen LogP) is 3.26. The van der Waals surface area contributed by atoms with Crippen LogP contribution in [-0.4, -0.2) is 31.0 Å². The van der Waals surface area contributed by atoms with Gasteiger partial charge in [-0.25, -0.2) is 0 Å². The van der Waals surface area contributed by atoms with E-state index in [1.807, 2.05) is 13.8 Å². The van der Waals surface area contributed by atoms with Crippen LogP contribution in [0, 0.1) is 0 Å². The summed E-state index contributed by atoms with van der Waals surface area (Å²) in [5.74, 6) is 0. The summed E-state index contributed by atoms with van der Waals surface area (Å²) < 4.78 is 43.0. The van der Waals surface area contributed by atoms with Gasteiger partial charge in [-0.2, -0.15) is 13.2 Å². The number of rotatable bonds is 4. The molecule has 0 aromatic rings. The van der Waals surface area contributed by atoms with E-state index in [9.17, 15) is 13.2 Å². The van der Waals surface area contributed by atoms with Crippen LogP contribution < -0.4 is 5.32 Å². The molecule has 2 atom stereocenters. The predicted molar refractivity (Wildman–Crippen MR) is 60.9 cm³/mol. The van der Waals surface area contributed by atoms with Crippen molar-refractivity contribution in [2.45, 2.75) is 69.8 Å². The zero-order valence-corrected chi connectivity index (χ0v) is 10.7. The first kappa shape index (κ1) is 14.8.